The van der Waals surface area contributed by atoms with Crippen LogP contribution >= 0.6 is 0 Å². The van der Waals surface area contributed by atoms with Gasteiger partial charge in [0.1, 0.15) is 0 Å². The second-order valence-corrected chi connectivity index (χ2v) is 5.98. The van der Waals surface area contributed by atoms with Crippen molar-refractivity contribution in [3.63, 3.8) is 0 Å². The summed E-state index contributed by atoms with van der Waals surface area (Å²) in [4.78, 5) is 4.48. The highest BCUT2D eigenvalue weighted by Crippen LogP contribution is 2.53. The topological polar surface area (TPSA) is 33.1 Å². The molecular formula is C16H19NO. The largest absolute Gasteiger partial charge is 0.385 e. The van der Waals surface area contributed by atoms with Crippen molar-refractivity contribution in [2.24, 2.45) is 5.41 Å². The van der Waals surface area contributed by atoms with Crippen molar-refractivity contribution in [3.05, 3.63) is 42.1 Å². The Morgan fingerprint density at radius 2 is 1.89 bits per heavy atom. The first-order valence-corrected chi connectivity index (χ1v) is 6.61. The van der Waals surface area contributed by atoms with Gasteiger partial charge in [-0.15, -0.1) is 0 Å². The van der Waals surface area contributed by atoms with Gasteiger partial charge in [0.05, 0.1) is 11.1 Å². The summed E-state index contributed by atoms with van der Waals surface area (Å²) < 4.78 is 0. The molecule has 1 atom stereocenters. The van der Waals surface area contributed by atoms with Crippen molar-refractivity contribution >= 4 is 10.9 Å². The molecule has 2 aromatic rings. The molecule has 3 rings (SSSR count). The monoisotopic (exact) mass is 241 g/mol. The molecule has 1 heterocycles. The minimum atomic E-state index is -0.749. The quantitative estimate of drug-likeness (QED) is 0.827. The van der Waals surface area contributed by atoms with Gasteiger partial charge in [0.25, 0.3) is 0 Å². The molecule has 0 radical (unpaired) electrons. The average Bonchev–Trinajstić information content (AvgIpc) is 2.64. The van der Waals surface area contributed by atoms with Crippen LogP contribution in [0, 0.1) is 5.41 Å². The lowest BCUT2D eigenvalue weighted by molar-refractivity contribution is -0.0473. The van der Waals surface area contributed by atoms with E-state index in [0.717, 1.165) is 35.7 Å². The number of nitrogens with zero attached hydrogens (tertiary/aromatic N) is 1. The maximum atomic E-state index is 11.1. The van der Waals surface area contributed by atoms with Crippen LogP contribution in [0.1, 0.15) is 38.7 Å². The first kappa shape index (κ1) is 11.7. The summed E-state index contributed by atoms with van der Waals surface area (Å²) in [6.07, 6.45) is 4.77. The fraction of sp³-hybridized carbons (Fsp3) is 0.438. The third-order valence-electron chi connectivity index (χ3n) is 4.54. The van der Waals surface area contributed by atoms with E-state index < -0.39 is 5.60 Å². The number of aromatic nitrogens is 1. The Hall–Kier alpha value is -1.41. The van der Waals surface area contributed by atoms with Crippen LogP contribution in [-0.4, -0.2) is 10.1 Å². The second kappa shape index (κ2) is 3.79. The number of aliphatic hydroxyl groups is 1. The SMILES string of the molecule is CC1(C)CCCC1(O)c1cccc2cccnc12. The maximum absolute atomic E-state index is 11.1. The smallest absolute Gasteiger partial charge is 0.0968 e. The number of rotatable bonds is 1. The normalized spacial score (nSPS) is 26.6. The highest BCUT2D eigenvalue weighted by atomic mass is 16.3. The molecular weight excluding hydrogens is 222 g/mol. The van der Waals surface area contributed by atoms with E-state index in [1.54, 1.807) is 6.20 Å². The van der Waals surface area contributed by atoms with E-state index in [1.165, 1.54) is 0 Å². The van der Waals surface area contributed by atoms with E-state index in [9.17, 15) is 5.11 Å². The highest BCUT2D eigenvalue weighted by Gasteiger charge is 2.49. The Balaban J connectivity index is 2.26. The lowest BCUT2D eigenvalue weighted by atomic mass is 9.73. The molecule has 0 saturated heterocycles. The third kappa shape index (κ3) is 1.49. The summed E-state index contributed by atoms with van der Waals surface area (Å²) in [6, 6.07) is 10.1. The van der Waals surface area contributed by atoms with Crippen molar-refractivity contribution in [2.45, 2.75) is 38.7 Å². The van der Waals surface area contributed by atoms with Gasteiger partial charge >= 0.3 is 0 Å². The van der Waals surface area contributed by atoms with Crippen LogP contribution in [0.2, 0.25) is 0 Å². The zero-order valence-corrected chi connectivity index (χ0v) is 11.0. The second-order valence-electron chi connectivity index (χ2n) is 5.98. The Bertz CT molecular complexity index is 585. The molecule has 1 aromatic heterocycles. The molecule has 0 amide bonds. The predicted octanol–water partition coefficient (Wildman–Crippen LogP) is 3.63. The summed E-state index contributed by atoms with van der Waals surface area (Å²) in [6.45, 7) is 4.31. The van der Waals surface area contributed by atoms with Gasteiger partial charge in [0.2, 0.25) is 0 Å². The van der Waals surface area contributed by atoms with Crippen molar-refractivity contribution < 1.29 is 5.11 Å². The fourth-order valence-electron chi connectivity index (χ4n) is 3.27. The summed E-state index contributed by atoms with van der Waals surface area (Å²) in [5.74, 6) is 0. The molecule has 1 aliphatic rings. The third-order valence-corrected chi connectivity index (χ3v) is 4.54. The fourth-order valence-corrected chi connectivity index (χ4v) is 3.27. The van der Waals surface area contributed by atoms with E-state index in [-0.39, 0.29) is 5.41 Å². The maximum Gasteiger partial charge on any atom is 0.0968 e. The molecule has 18 heavy (non-hydrogen) atoms. The summed E-state index contributed by atoms with van der Waals surface area (Å²) in [5, 5.41) is 12.3. The van der Waals surface area contributed by atoms with Crippen LogP contribution in [-0.2, 0) is 5.60 Å². The van der Waals surface area contributed by atoms with Gasteiger partial charge in [-0.1, -0.05) is 38.1 Å². The number of hydrogen-bond donors (Lipinski definition) is 1. The molecule has 2 heteroatoms. The molecule has 1 aliphatic carbocycles. The minimum Gasteiger partial charge on any atom is -0.385 e. The van der Waals surface area contributed by atoms with Crippen LogP contribution in [0.3, 0.4) is 0 Å². The molecule has 1 saturated carbocycles. The van der Waals surface area contributed by atoms with Gasteiger partial charge in [0.15, 0.2) is 0 Å². The number of hydrogen-bond acceptors (Lipinski definition) is 2. The Kier molecular flexibility index (Phi) is 2.46. The Morgan fingerprint density at radius 3 is 2.61 bits per heavy atom. The summed E-state index contributed by atoms with van der Waals surface area (Å²) in [5.41, 5.74) is 1.10. The van der Waals surface area contributed by atoms with Crippen molar-refractivity contribution in [3.8, 4) is 0 Å². The molecule has 1 fully saturated rings. The Labute approximate surface area is 108 Å². The number of pyridine rings is 1. The van der Waals surface area contributed by atoms with Crippen LogP contribution in [0.4, 0.5) is 0 Å². The van der Waals surface area contributed by atoms with Gasteiger partial charge in [0, 0.05) is 17.1 Å². The minimum absolute atomic E-state index is 0.0845. The first-order valence-electron chi connectivity index (χ1n) is 6.61. The van der Waals surface area contributed by atoms with Gasteiger partial charge < -0.3 is 5.11 Å². The van der Waals surface area contributed by atoms with Crippen molar-refractivity contribution in [2.75, 3.05) is 0 Å². The van der Waals surface area contributed by atoms with Crippen LogP contribution in [0.15, 0.2) is 36.5 Å². The number of para-hydroxylation sites is 1. The zero-order chi connectivity index (χ0) is 12.8. The number of benzene rings is 1. The molecule has 1 unspecified atom stereocenters. The molecule has 94 valence electrons. The number of fused-ring (bicyclic) bond motifs is 1. The average molecular weight is 241 g/mol. The van der Waals surface area contributed by atoms with E-state index >= 15 is 0 Å². The molecule has 1 N–H and O–H groups in total. The first-order chi connectivity index (χ1) is 8.55. The predicted molar refractivity (Wildman–Crippen MR) is 73.3 cm³/mol. The van der Waals surface area contributed by atoms with E-state index in [4.69, 9.17) is 0 Å². The van der Waals surface area contributed by atoms with E-state index in [1.807, 2.05) is 18.2 Å². The molecule has 0 bridgehead atoms. The molecule has 0 aliphatic heterocycles. The van der Waals surface area contributed by atoms with Crippen LogP contribution in [0.25, 0.3) is 10.9 Å². The van der Waals surface area contributed by atoms with Crippen LogP contribution < -0.4 is 0 Å². The van der Waals surface area contributed by atoms with E-state index in [0.29, 0.717) is 0 Å². The standard InChI is InChI=1S/C16H19NO/c1-15(2)9-5-10-16(15,18)13-8-3-6-12-7-4-11-17-14(12)13/h3-4,6-8,11,18H,5,9-10H2,1-2H3. The molecule has 0 spiro atoms. The summed E-state index contributed by atoms with van der Waals surface area (Å²) in [7, 11) is 0. The van der Waals surface area contributed by atoms with Gasteiger partial charge in [-0.2, -0.15) is 0 Å². The van der Waals surface area contributed by atoms with Gasteiger partial charge in [-0.05, 0) is 30.7 Å². The molecule has 1 aromatic carbocycles. The zero-order valence-electron chi connectivity index (χ0n) is 11.0. The lowest BCUT2D eigenvalue weighted by Crippen LogP contribution is -2.37. The Morgan fingerprint density at radius 1 is 1.11 bits per heavy atom. The van der Waals surface area contributed by atoms with Crippen molar-refractivity contribution in [1.29, 1.82) is 0 Å². The van der Waals surface area contributed by atoms with E-state index in [2.05, 4.69) is 31.0 Å². The highest BCUT2D eigenvalue weighted by molar-refractivity contribution is 5.82. The van der Waals surface area contributed by atoms with Crippen molar-refractivity contribution in [1.82, 2.24) is 4.98 Å². The van der Waals surface area contributed by atoms with Gasteiger partial charge in [-0.25, -0.2) is 0 Å². The lowest BCUT2D eigenvalue weighted by Gasteiger charge is -2.37. The van der Waals surface area contributed by atoms with Crippen LogP contribution in [0.5, 0.6) is 0 Å². The van der Waals surface area contributed by atoms with Gasteiger partial charge in [-0.3, -0.25) is 4.98 Å². The molecule has 2 nitrogen and oxygen atoms in total. The summed E-state index contributed by atoms with van der Waals surface area (Å²) >= 11 is 0.